The predicted octanol–water partition coefficient (Wildman–Crippen LogP) is 4.13. The van der Waals surface area contributed by atoms with E-state index in [0.717, 1.165) is 29.5 Å². The Morgan fingerprint density at radius 3 is 2.57 bits per heavy atom. The molecule has 1 atom stereocenters. The Balaban J connectivity index is 1.59. The van der Waals surface area contributed by atoms with Crippen LogP contribution in [0.3, 0.4) is 0 Å². The number of carbonyl (C=O) groups excluding carboxylic acids is 1. The van der Waals surface area contributed by atoms with Crippen LogP contribution in [0.1, 0.15) is 17.2 Å². The van der Waals surface area contributed by atoms with Crippen molar-refractivity contribution in [1.29, 1.82) is 0 Å². The molecule has 162 valence electrons. The fraction of sp³-hybridized carbons (Fsp3) is 0.381. The van der Waals surface area contributed by atoms with Crippen molar-refractivity contribution in [1.82, 2.24) is 10.2 Å². The second kappa shape index (κ2) is 10.3. The lowest BCUT2D eigenvalue weighted by atomic mass is 10.0. The van der Waals surface area contributed by atoms with E-state index in [4.69, 9.17) is 4.74 Å². The third kappa shape index (κ3) is 6.45. The van der Waals surface area contributed by atoms with E-state index in [2.05, 4.69) is 10.2 Å². The molecule has 0 radical (unpaired) electrons. The molecule has 0 aromatic heterocycles. The first kappa shape index (κ1) is 22.6. The minimum atomic E-state index is -4.42. The van der Waals surface area contributed by atoms with E-state index in [-0.39, 0.29) is 30.1 Å². The van der Waals surface area contributed by atoms with Crippen molar-refractivity contribution in [2.75, 3.05) is 38.6 Å². The van der Waals surface area contributed by atoms with Crippen LogP contribution in [0.2, 0.25) is 0 Å². The van der Waals surface area contributed by atoms with Gasteiger partial charge < -0.3 is 10.1 Å². The van der Waals surface area contributed by atoms with E-state index in [1.54, 1.807) is 6.07 Å². The van der Waals surface area contributed by atoms with Crippen LogP contribution in [0.15, 0.2) is 53.4 Å². The second-order valence-corrected chi connectivity index (χ2v) is 7.89. The van der Waals surface area contributed by atoms with Crippen LogP contribution in [-0.2, 0) is 15.7 Å². The predicted molar refractivity (Wildman–Crippen MR) is 107 cm³/mol. The largest absolute Gasteiger partial charge is 0.416 e. The zero-order valence-electron chi connectivity index (χ0n) is 16.1. The van der Waals surface area contributed by atoms with Gasteiger partial charge in [0.05, 0.1) is 30.6 Å². The summed E-state index contributed by atoms with van der Waals surface area (Å²) in [6.07, 6.45) is -4.42. The zero-order valence-corrected chi connectivity index (χ0v) is 16.9. The number of hydrogen-bond acceptors (Lipinski definition) is 4. The van der Waals surface area contributed by atoms with E-state index in [1.165, 1.54) is 24.3 Å². The third-order valence-corrected chi connectivity index (χ3v) is 5.74. The van der Waals surface area contributed by atoms with Gasteiger partial charge >= 0.3 is 6.18 Å². The van der Waals surface area contributed by atoms with E-state index >= 15 is 0 Å². The summed E-state index contributed by atoms with van der Waals surface area (Å²) in [5.74, 6) is -0.662. The van der Waals surface area contributed by atoms with Crippen LogP contribution in [-0.4, -0.2) is 49.4 Å². The normalized spacial score (nSPS) is 16.3. The first-order valence-corrected chi connectivity index (χ1v) is 10.5. The van der Waals surface area contributed by atoms with Crippen LogP contribution < -0.4 is 5.32 Å². The quantitative estimate of drug-likeness (QED) is 0.517. The lowest BCUT2D eigenvalue weighted by Crippen LogP contribution is -2.44. The summed E-state index contributed by atoms with van der Waals surface area (Å²) >= 11 is 1.04. The molecule has 1 aliphatic heterocycles. The molecule has 1 unspecified atom stereocenters. The van der Waals surface area contributed by atoms with Crippen molar-refractivity contribution in [2.24, 2.45) is 0 Å². The van der Waals surface area contributed by atoms with Gasteiger partial charge in [-0.3, -0.25) is 9.69 Å². The van der Waals surface area contributed by atoms with Gasteiger partial charge in [-0.15, -0.1) is 11.8 Å². The fourth-order valence-corrected chi connectivity index (χ4v) is 4.02. The van der Waals surface area contributed by atoms with Crippen LogP contribution in [0.25, 0.3) is 0 Å². The molecular weight excluding hydrogens is 420 g/mol. The van der Waals surface area contributed by atoms with Crippen molar-refractivity contribution in [3.05, 3.63) is 65.5 Å². The first-order valence-electron chi connectivity index (χ1n) is 9.47. The Morgan fingerprint density at radius 1 is 1.13 bits per heavy atom. The molecule has 1 heterocycles. The Morgan fingerprint density at radius 2 is 1.87 bits per heavy atom. The van der Waals surface area contributed by atoms with Gasteiger partial charge in [0.1, 0.15) is 5.82 Å². The number of halogens is 4. The van der Waals surface area contributed by atoms with E-state index in [0.29, 0.717) is 31.2 Å². The number of rotatable bonds is 7. The molecule has 1 fully saturated rings. The first-order chi connectivity index (χ1) is 14.3. The zero-order chi connectivity index (χ0) is 21.6. The van der Waals surface area contributed by atoms with Gasteiger partial charge in [0.2, 0.25) is 5.91 Å². The molecule has 0 spiro atoms. The Hall–Kier alpha value is -2.10. The van der Waals surface area contributed by atoms with Crippen molar-refractivity contribution < 1.29 is 27.1 Å². The Bertz CT molecular complexity index is 857. The summed E-state index contributed by atoms with van der Waals surface area (Å²) in [5.41, 5.74) is 0.00845. The third-order valence-electron chi connectivity index (χ3n) is 4.74. The lowest BCUT2D eigenvalue weighted by Gasteiger charge is -2.35. The molecule has 2 aromatic carbocycles. The highest BCUT2D eigenvalue weighted by Crippen LogP contribution is 2.31. The highest BCUT2D eigenvalue weighted by Gasteiger charge is 2.30. The van der Waals surface area contributed by atoms with Crippen LogP contribution in [0.5, 0.6) is 0 Å². The maximum Gasteiger partial charge on any atom is 0.416 e. The number of benzene rings is 2. The molecule has 9 heteroatoms. The molecule has 0 aliphatic carbocycles. The van der Waals surface area contributed by atoms with Crippen molar-refractivity contribution in [3.8, 4) is 0 Å². The molecular formula is C21H22F4N2O2S. The number of thioether (sulfide) groups is 1. The average Bonchev–Trinajstić information content (AvgIpc) is 2.73. The summed E-state index contributed by atoms with van der Waals surface area (Å²) in [5, 5.41) is 2.83. The van der Waals surface area contributed by atoms with Gasteiger partial charge in [0.25, 0.3) is 0 Å². The number of hydrogen-bond donors (Lipinski definition) is 1. The van der Waals surface area contributed by atoms with Crippen molar-refractivity contribution in [3.63, 3.8) is 0 Å². The minimum Gasteiger partial charge on any atom is -0.379 e. The summed E-state index contributed by atoms with van der Waals surface area (Å²) in [6.45, 7) is 2.72. The summed E-state index contributed by atoms with van der Waals surface area (Å²) in [6, 6.07) is 10.9. The summed E-state index contributed by atoms with van der Waals surface area (Å²) in [4.78, 5) is 14.8. The number of carbonyl (C=O) groups is 1. The number of nitrogens with zero attached hydrogens (tertiary/aromatic N) is 1. The SMILES string of the molecule is O=C(CSc1cccc(C(F)(F)F)c1)NCC(c1cccc(F)c1)N1CCOCC1. The molecule has 1 aliphatic rings. The van der Waals surface area contributed by atoms with Crippen LogP contribution in [0.4, 0.5) is 17.6 Å². The van der Waals surface area contributed by atoms with Crippen molar-refractivity contribution >= 4 is 17.7 Å². The standard InChI is InChI=1S/C21H22F4N2O2S/c22-17-5-1-3-15(11-17)19(27-7-9-29-10-8-27)13-26-20(28)14-30-18-6-2-4-16(12-18)21(23,24)25/h1-6,11-12,19H,7-10,13-14H2,(H,26,28). The van der Waals surface area contributed by atoms with Gasteiger partial charge in [-0.2, -0.15) is 13.2 Å². The van der Waals surface area contributed by atoms with Gasteiger partial charge in [0, 0.05) is 24.5 Å². The maximum absolute atomic E-state index is 13.7. The Kier molecular flexibility index (Phi) is 7.74. The molecule has 0 bridgehead atoms. The molecule has 1 amide bonds. The summed E-state index contributed by atoms with van der Waals surface area (Å²) < 4.78 is 57.5. The molecule has 1 N–H and O–H groups in total. The monoisotopic (exact) mass is 442 g/mol. The summed E-state index contributed by atoms with van der Waals surface area (Å²) in [7, 11) is 0. The number of alkyl halides is 3. The van der Waals surface area contributed by atoms with Gasteiger partial charge in [-0.1, -0.05) is 18.2 Å². The highest BCUT2D eigenvalue weighted by molar-refractivity contribution is 8.00. The smallest absolute Gasteiger partial charge is 0.379 e. The highest BCUT2D eigenvalue weighted by atomic mass is 32.2. The molecule has 2 aromatic rings. The molecule has 4 nitrogen and oxygen atoms in total. The number of ether oxygens (including phenoxy) is 1. The Labute approximate surface area is 176 Å². The number of nitrogens with one attached hydrogen (secondary N) is 1. The topological polar surface area (TPSA) is 41.6 Å². The molecule has 3 rings (SSSR count). The van der Waals surface area contributed by atoms with Crippen LogP contribution in [0, 0.1) is 5.82 Å². The van der Waals surface area contributed by atoms with E-state index in [9.17, 15) is 22.4 Å². The lowest BCUT2D eigenvalue weighted by molar-refractivity contribution is -0.137. The number of amides is 1. The fourth-order valence-electron chi connectivity index (χ4n) is 3.23. The molecule has 0 saturated carbocycles. The van der Waals surface area contributed by atoms with E-state index < -0.39 is 11.7 Å². The second-order valence-electron chi connectivity index (χ2n) is 6.84. The van der Waals surface area contributed by atoms with Gasteiger partial charge in [-0.05, 0) is 35.9 Å². The van der Waals surface area contributed by atoms with E-state index in [1.807, 2.05) is 6.07 Å². The minimum absolute atomic E-state index is 0.0136. The van der Waals surface area contributed by atoms with Crippen molar-refractivity contribution in [2.45, 2.75) is 17.1 Å². The van der Waals surface area contributed by atoms with Gasteiger partial charge in [0.15, 0.2) is 0 Å². The molecule has 30 heavy (non-hydrogen) atoms. The molecule has 1 saturated heterocycles. The maximum atomic E-state index is 13.7. The average molecular weight is 442 g/mol. The van der Waals surface area contributed by atoms with Gasteiger partial charge in [-0.25, -0.2) is 4.39 Å². The number of morpholine rings is 1. The van der Waals surface area contributed by atoms with Crippen LogP contribution >= 0.6 is 11.8 Å².